The van der Waals surface area contributed by atoms with E-state index in [9.17, 15) is 4.39 Å². The van der Waals surface area contributed by atoms with Crippen molar-refractivity contribution in [2.45, 2.75) is 6.54 Å². The van der Waals surface area contributed by atoms with Gasteiger partial charge in [-0.2, -0.15) is 0 Å². The van der Waals surface area contributed by atoms with Gasteiger partial charge in [-0.1, -0.05) is 6.07 Å². The Labute approximate surface area is 146 Å². The number of benzene rings is 1. The normalized spacial score (nSPS) is 10.6. The number of halogens is 2. The molecule has 2 N–H and O–H groups in total. The van der Waals surface area contributed by atoms with E-state index in [1.165, 1.54) is 12.3 Å². The topological polar surface area (TPSA) is 58.5 Å². The number of nitrogens with zero attached hydrogens (tertiary/aromatic N) is 2. The molecule has 118 valence electrons. The molecule has 7 heteroatoms. The maximum Gasteiger partial charge on any atom is 0.190 e. The smallest absolute Gasteiger partial charge is 0.190 e. The molecule has 0 spiro atoms. The molecule has 0 saturated heterocycles. The number of aromatic nitrogens is 1. The molecule has 1 heterocycles. The summed E-state index contributed by atoms with van der Waals surface area (Å²) in [5.74, 6) is 0.895. The van der Waals surface area contributed by atoms with Gasteiger partial charge in [0.05, 0.1) is 6.20 Å². The Hall–Kier alpha value is -1.90. The lowest BCUT2D eigenvalue weighted by atomic mass is 10.2. The fourth-order valence-electron chi connectivity index (χ4n) is 1.74. The second-order valence-corrected chi connectivity index (χ2v) is 4.23. The van der Waals surface area contributed by atoms with Gasteiger partial charge in [0.15, 0.2) is 17.5 Å². The van der Waals surface area contributed by atoms with Crippen molar-refractivity contribution in [3.05, 3.63) is 54.1 Å². The monoisotopic (exact) mass is 416 g/mol. The van der Waals surface area contributed by atoms with Crippen LogP contribution in [0.2, 0.25) is 0 Å². The maximum atomic E-state index is 14.0. The van der Waals surface area contributed by atoms with Gasteiger partial charge >= 0.3 is 0 Å². The molecule has 1 aromatic carbocycles. The third kappa shape index (κ3) is 5.14. The maximum absolute atomic E-state index is 14.0. The Morgan fingerprint density at radius 3 is 2.77 bits per heavy atom. The highest BCUT2D eigenvalue weighted by molar-refractivity contribution is 14.0. The summed E-state index contributed by atoms with van der Waals surface area (Å²) in [5, 5.41) is 5.95. The summed E-state index contributed by atoms with van der Waals surface area (Å²) >= 11 is 0. The summed E-state index contributed by atoms with van der Waals surface area (Å²) in [6.45, 7) is 0.470. The van der Waals surface area contributed by atoms with Crippen LogP contribution < -0.4 is 15.4 Å². The van der Waals surface area contributed by atoms with Gasteiger partial charge in [-0.15, -0.1) is 24.0 Å². The van der Waals surface area contributed by atoms with E-state index in [4.69, 9.17) is 4.74 Å². The summed E-state index contributed by atoms with van der Waals surface area (Å²) < 4.78 is 19.4. The SMILES string of the molecule is CN=C(NC)NCc1ccc(Oc2cccnc2)c(F)c1.I. The molecule has 2 aromatic rings. The number of ether oxygens (including phenoxy) is 1. The molecule has 22 heavy (non-hydrogen) atoms. The number of pyridine rings is 1. The van der Waals surface area contributed by atoms with Crippen LogP contribution in [0.5, 0.6) is 11.5 Å². The Morgan fingerprint density at radius 1 is 1.36 bits per heavy atom. The third-order valence-electron chi connectivity index (χ3n) is 2.78. The Bertz CT molecular complexity index is 622. The average Bonchev–Trinajstić information content (AvgIpc) is 2.52. The quantitative estimate of drug-likeness (QED) is 0.457. The molecule has 0 bridgehead atoms. The summed E-state index contributed by atoms with van der Waals surface area (Å²) in [4.78, 5) is 7.90. The van der Waals surface area contributed by atoms with Crippen molar-refractivity contribution < 1.29 is 9.13 Å². The van der Waals surface area contributed by atoms with E-state index < -0.39 is 5.82 Å². The highest BCUT2D eigenvalue weighted by Crippen LogP contribution is 2.24. The number of aliphatic imine (C=N–C) groups is 1. The average molecular weight is 416 g/mol. The van der Waals surface area contributed by atoms with Gasteiger partial charge in [-0.3, -0.25) is 9.98 Å². The van der Waals surface area contributed by atoms with Gasteiger partial charge in [-0.25, -0.2) is 4.39 Å². The molecule has 0 radical (unpaired) electrons. The summed E-state index contributed by atoms with van der Waals surface area (Å²) in [5.41, 5.74) is 0.794. The van der Waals surface area contributed by atoms with Crippen LogP contribution in [0, 0.1) is 5.82 Å². The van der Waals surface area contributed by atoms with Crippen molar-refractivity contribution in [3.63, 3.8) is 0 Å². The molecule has 2 rings (SSSR count). The lowest BCUT2D eigenvalue weighted by Crippen LogP contribution is -2.34. The van der Waals surface area contributed by atoms with Gasteiger partial charge in [0.25, 0.3) is 0 Å². The van der Waals surface area contributed by atoms with E-state index in [0.29, 0.717) is 18.3 Å². The van der Waals surface area contributed by atoms with Crippen molar-refractivity contribution >= 4 is 29.9 Å². The van der Waals surface area contributed by atoms with Gasteiger partial charge in [0, 0.05) is 26.8 Å². The molecule has 1 aromatic heterocycles. The van der Waals surface area contributed by atoms with Crippen molar-refractivity contribution in [3.8, 4) is 11.5 Å². The fourth-order valence-corrected chi connectivity index (χ4v) is 1.74. The first-order valence-electron chi connectivity index (χ1n) is 6.47. The molecule has 0 aliphatic rings. The minimum Gasteiger partial charge on any atom is -0.453 e. The lowest BCUT2D eigenvalue weighted by molar-refractivity contribution is 0.440. The first-order valence-corrected chi connectivity index (χ1v) is 6.47. The Morgan fingerprint density at radius 2 is 2.18 bits per heavy atom. The Kier molecular flexibility index (Phi) is 7.58. The van der Waals surface area contributed by atoms with Crippen LogP contribution in [-0.4, -0.2) is 25.0 Å². The van der Waals surface area contributed by atoms with Gasteiger partial charge in [0.2, 0.25) is 0 Å². The predicted molar refractivity (Wildman–Crippen MR) is 95.4 cm³/mol. The number of hydrogen-bond donors (Lipinski definition) is 2. The molecular weight excluding hydrogens is 398 g/mol. The second-order valence-electron chi connectivity index (χ2n) is 4.23. The van der Waals surface area contributed by atoms with Gasteiger partial charge in [0.1, 0.15) is 5.75 Å². The first kappa shape index (κ1) is 18.1. The van der Waals surface area contributed by atoms with Crippen molar-refractivity contribution in [1.29, 1.82) is 0 Å². The van der Waals surface area contributed by atoms with E-state index in [2.05, 4.69) is 20.6 Å². The van der Waals surface area contributed by atoms with Crippen molar-refractivity contribution in [2.75, 3.05) is 14.1 Å². The third-order valence-corrected chi connectivity index (χ3v) is 2.78. The molecule has 0 atom stereocenters. The molecule has 0 amide bonds. The first-order chi connectivity index (χ1) is 10.2. The standard InChI is InChI=1S/C15H17FN4O.HI/c1-17-15(18-2)20-9-11-5-6-14(13(16)8-11)21-12-4-3-7-19-10-12;/h3-8,10H,9H2,1-2H3,(H2,17,18,20);1H. The van der Waals surface area contributed by atoms with Crippen LogP contribution >= 0.6 is 24.0 Å². The van der Waals surface area contributed by atoms with Gasteiger partial charge < -0.3 is 15.4 Å². The van der Waals surface area contributed by atoms with Crippen molar-refractivity contribution in [2.24, 2.45) is 4.99 Å². The van der Waals surface area contributed by atoms with Crippen LogP contribution in [0.1, 0.15) is 5.56 Å². The minimum atomic E-state index is -0.419. The zero-order chi connectivity index (χ0) is 15.1. The summed E-state index contributed by atoms with van der Waals surface area (Å²) in [6.07, 6.45) is 3.17. The van der Waals surface area contributed by atoms with E-state index >= 15 is 0 Å². The van der Waals surface area contributed by atoms with E-state index in [-0.39, 0.29) is 29.7 Å². The number of rotatable bonds is 4. The summed E-state index contributed by atoms with van der Waals surface area (Å²) in [7, 11) is 3.44. The summed E-state index contributed by atoms with van der Waals surface area (Å²) in [6, 6.07) is 8.28. The van der Waals surface area contributed by atoms with E-state index in [0.717, 1.165) is 5.56 Å². The van der Waals surface area contributed by atoms with E-state index in [1.807, 2.05) is 0 Å². The molecular formula is C15H18FIN4O. The largest absolute Gasteiger partial charge is 0.453 e. The highest BCUT2D eigenvalue weighted by Gasteiger charge is 2.06. The predicted octanol–water partition coefficient (Wildman–Crippen LogP) is 2.93. The van der Waals surface area contributed by atoms with Crippen LogP contribution in [0.3, 0.4) is 0 Å². The van der Waals surface area contributed by atoms with Crippen LogP contribution in [-0.2, 0) is 6.54 Å². The fraction of sp³-hybridized carbons (Fsp3) is 0.200. The Balaban J connectivity index is 0.00000242. The van der Waals surface area contributed by atoms with Crippen LogP contribution in [0.25, 0.3) is 0 Å². The number of hydrogen-bond acceptors (Lipinski definition) is 3. The molecule has 0 aliphatic heterocycles. The number of guanidine groups is 1. The van der Waals surface area contributed by atoms with Gasteiger partial charge in [-0.05, 0) is 29.8 Å². The highest BCUT2D eigenvalue weighted by atomic mass is 127. The number of nitrogens with one attached hydrogen (secondary N) is 2. The molecule has 0 unspecified atom stereocenters. The molecule has 0 fully saturated rings. The zero-order valence-corrected chi connectivity index (χ0v) is 14.7. The molecule has 0 aliphatic carbocycles. The molecule has 0 saturated carbocycles. The van der Waals surface area contributed by atoms with E-state index in [1.54, 1.807) is 44.6 Å². The van der Waals surface area contributed by atoms with Crippen LogP contribution in [0.15, 0.2) is 47.7 Å². The van der Waals surface area contributed by atoms with Crippen LogP contribution in [0.4, 0.5) is 4.39 Å². The molecule has 5 nitrogen and oxygen atoms in total. The second kappa shape index (κ2) is 9.19. The minimum absolute atomic E-state index is 0. The van der Waals surface area contributed by atoms with Crippen molar-refractivity contribution in [1.82, 2.24) is 15.6 Å². The lowest BCUT2D eigenvalue weighted by Gasteiger charge is -2.10. The zero-order valence-electron chi connectivity index (χ0n) is 12.3.